The molecule has 0 aromatic carbocycles. The van der Waals surface area contributed by atoms with Crippen LogP contribution in [-0.4, -0.2) is 22.4 Å². The predicted molar refractivity (Wildman–Crippen MR) is 54.5 cm³/mol. The second-order valence-corrected chi connectivity index (χ2v) is 2.39. The molecule has 0 fully saturated rings. The van der Waals surface area contributed by atoms with Crippen LogP contribution in [0.2, 0.25) is 0 Å². The Balaban J connectivity index is 4.08. The Kier molecular flexibility index (Phi) is 6.77. The van der Waals surface area contributed by atoms with Crippen LogP contribution in [0.5, 0.6) is 0 Å². The molecule has 0 aliphatic carbocycles. The molecule has 0 aliphatic heterocycles. The van der Waals surface area contributed by atoms with Crippen LogP contribution in [0.4, 0.5) is 0 Å². The molecular formula is C12H10O2. The van der Waals surface area contributed by atoms with Crippen molar-refractivity contribution in [3.63, 3.8) is 0 Å². The molecule has 0 amide bonds. The van der Waals surface area contributed by atoms with Crippen molar-refractivity contribution in [3.8, 4) is 47.4 Å². The summed E-state index contributed by atoms with van der Waals surface area (Å²) in [4.78, 5) is 0. The highest BCUT2D eigenvalue weighted by atomic mass is 16.3. The summed E-state index contributed by atoms with van der Waals surface area (Å²) in [7, 11) is 0. The molecule has 0 aliphatic rings. The minimum atomic E-state index is -0.674. The standard InChI is InChI=1S/C12H10O2/c1-11(13)9-7-5-3-4-6-8-10-12(2)14/h11-14H,1-2H3. The predicted octanol–water partition coefficient (Wildman–Crippen LogP) is -0.238. The van der Waals surface area contributed by atoms with Gasteiger partial charge in [-0.1, -0.05) is 11.8 Å². The molecule has 0 saturated carbocycles. The zero-order chi connectivity index (χ0) is 10.8. The highest BCUT2D eigenvalue weighted by Gasteiger charge is 1.79. The van der Waals surface area contributed by atoms with Crippen LogP contribution in [0.1, 0.15) is 13.8 Å². The van der Waals surface area contributed by atoms with Gasteiger partial charge < -0.3 is 10.2 Å². The SMILES string of the molecule is CC(O)C#CC#CC#CC#CC(C)O. The Bertz CT molecular complexity index is 358. The minimum Gasteiger partial charge on any atom is -0.381 e. The number of hydrogen-bond acceptors (Lipinski definition) is 2. The van der Waals surface area contributed by atoms with Gasteiger partial charge in [-0.3, -0.25) is 0 Å². The number of aliphatic hydroxyl groups excluding tert-OH is 2. The Morgan fingerprint density at radius 3 is 1.21 bits per heavy atom. The van der Waals surface area contributed by atoms with Crippen LogP contribution < -0.4 is 0 Å². The second-order valence-electron chi connectivity index (χ2n) is 2.39. The molecule has 0 aromatic heterocycles. The molecule has 2 N–H and O–H groups in total. The Morgan fingerprint density at radius 2 is 0.929 bits per heavy atom. The highest BCUT2D eigenvalue weighted by Crippen LogP contribution is 1.71. The number of hydrogen-bond donors (Lipinski definition) is 2. The first-order valence-electron chi connectivity index (χ1n) is 4.00. The minimum absolute atomic E-state index is 0.674. The van der Waals surface area contributed by atoms with Gasteiger partial charge in [0.15, 0.2) is 0 Å². The van der Waals surface area contributed by atoms with E-state index in [1.807, 2.05) is 0 Å². The summed E-state index contributed by atoms with van der Waals surface area (Å²) < 4.78 is 0. The molecule has 2 nitrogen and oxygen atoms in total. The van der Waals surface area contributed by atoms with Gasteiger partial charge >= 0.3 is 0 Å². The summed E-state index contributed by atoms with van der Waals surface area (Å²) >= 11 is 0. The lowest BCUT2D eigenvalue weighted by atomic mass is 10.4. The Labute approximate surface area is 84.3 Å². The Morgan fingerprint density at radius 1 is 0.643 bits per heavy atom. The third kappa shape index (κ3) is 10.2. The topological polar surface area (TPSA) is 40.5 Å². The van der Waals surface area contributed by atoms with Crippen molar-refractivity contribution in [2.45, 2.75) is 26.1 Å². The second kappa shape index (κ2) is 7.79. The Hall–Kier alpha value is -1.84. The third-order valence-electron chi connectivity index (χ3n) is 0.875. The van der Waals surface area contributed by atoms with E-state index in [-0.39, 0.29) is 0 Å². The molecule has 0 spiro atoms. The molecule has 0 heterocycles. The maximum absolute atomic E-state index is 8.73. The van der Waals surface area contributed by atoms with E-state index in [1.54, 1.807) is 13.8 Å². The first-order chi connectivity index (χ1) is 6.63. The number of aliphatic hydroxyl groups is 2. The molecule has 70 valence electrons. The number of rotatable bonds is 0. The largest absolute Gasteiger partial charge is 0.381 e. The van der Waals surface area contributed by atoms with Gasteiger partial charge in [0.2, 0.25) is 0 Å². The zero-order valence-electron chi connectivity index (χ0n) is 8.05. The molecule has 2 unspecified atom stereocenters. The fraction of sp³-hybridized carbons (Fsp3) is 0.333. The monoisotopic (exact) mass is 186 g/mol. The van der Waals surface area contributed by atoms with Crippen LogP contribution in [-0.2, 0) is 0 Å². The van der Waals surface area contributed by atoms with E-state index in [4.69, 9.17) is 10.2 Å². The van der Waals surface area contributed by atoms with E-state index in [9.17, 15) is 0 Å². The van der Waals surface area contributed by atoms with Gasteiger partial charge in [-0.05, 0) is 49.4 Å². The van der Waals surface area contributed by atoms with Crippen molar-refractivity contribution in [1.82, 2.24) is 0 Å². The molecule has 0 aromatic rings. The fourth-order valence-corrected chi connectivity index (χ4v) is 0.406. The first-order valence-corrected chi connectivity index (χ1v) is 4.00. The van der Waals surface area contributed by atoms with Crippen LogP contribution in [0.15, 0.2) is 0 Å². The van der Waals surface area contributed by atoms with Gasteiger partial charge in [0.1, 0.15) is 12.2 Å². The van der Waals surface area contributed by atoms with Crippen LogP contribution in [0.3, 0.4) is 0 Å². The highest BCUT2D eigenvalue weighted by molar-refractivity contribution is 5.40. The molecule has 0 bridgehead atoms. The van der Waals surface area contributed by atoms with Gasteiger partial charge in [-0.2, -0.15) is 0 Å². The molecule has 2 atom stereocenters. The molecule has 0 saturated heterocycles. The lowest BCUT2D eigenvalue weighted by Crippen LogP contribution is -1.91. The third-order valence-corrected chi connectivity index (χ3v) is 0.875. The molecule has 2 heteroatoms. The summed E-state index contributed by atoms with van der Waals surface area (Å²) in [6.45, 7) is 3.10. The van der Waals surface area contributed by atoms with E-state index >= 15 is 0 Å². The maximum Gasteiger partial charge on any atom is 0.112 e. The van der Waals surface area contributed by atoms with Crippen LogP contribution in [0, 0.1) is 47.4 Å². The van der Waals surface area contributed by atoms with Gasteiger partial charge in [-0.15, -0.1) is 0 Å². The van der Waals surface area contributed by atoms with Crippen molar-refractivity contribution in [2.75, 3.05) is 0 Å². The van der Waals surface area contributed by atoms with Gasteiger partial charge in [0.05, 0.1) is 0 Å². The summed E-state index contributed by atoms with van der Waals surface area (Å²) in [6.07, 6.45) is -1.35. The fourth-order valence-electron chi connectivity index (χ4n) is 0.406. The van der Waals surface area contributed by atoms with Crippen LogP contribution >= 0.6 is 0 Å². The van der Waals surface area contributed by atoms with Crippen molar-refractivity contribution < 1.29 is 10.2 Å². The lowest BCUT2D eigenvalue weighted by Gasteiger charge is -1.82. The van der Waals surface area contributed by atoms with Crippen LogP contribution in [0.25, 0.3) is 0 Å². The van der Waals surface area contributed by atoms with E-state index < -0.39 is 12.2 Å². The molecule has 0 radical (unpaired) electrons. The van der Waals surface area contributed by atoms with E-state index in [0.29, 0.717) is 0 Å². The van der Waals surface area contributed by atoms with Gasteiger partial charge in [-0.25, -0.2) is 0 Å². The summed E-state index contributed by atoms with van der Waals surface area (Å²) in [5.41, 5.74) is 0. The smallest absolute Gasteiger partial charge is 0.112 e. The summed E-state index contributed by atoms with van der Waals surface area (Å²) in [5.74, 6) is 19.5. The van der Waals surface area contributed by atoms with Crippen molar-refractivity contribution in [2.24, 2.45) is 0 Å². The quantitative estimate of drug-likeness (QED) is 0.513. The van der Waals surface area contributed by atoms with E-state index in [0.717, 1.165) is 0 Å². The molecular weight excluding hydrogens is 176 g/mol. The zero-order valence-corrected chi connectivity index (χ0v) is 8.05. The molecule has 0 rings (SSSR count). The average molecular weight is 186 g/mol. The maximum atomic E-state index is 8.73. The average Bonchev–Trinajstić information content (AvgIpc) is 2.08. The summed E-state index contributed by atoms with van der Waals surface area (Å²) in [6, 6.07) is 0. The lowest BCUT2D eigenvalue weighted by molar-refractivity contribution is 0.253. The first kappa shape index (κ1) is 12.2. The van der Waals surface area contributed by atoms with Crippen molar-refractivity contribution in [1.29, 1.82) is 0 Å². The summed E-state index contributed by atoms with van der Waals surface area (Å²) in [5, 5.41) is 17.5. The van der Waals surface area contributed by atoms with Crippen molar-refractivity contribution >= 4 is 0 Å². The van der Waals surface area contributed by atoms with Gasteiger partial charge in [0.25, 0.3) is 0 Å². The van der Waals surface area contributed by atoms with E-state index in [1.165, 1.54) is 0 Å². The van der Waals surface area contributed by atoms with Crippen molar-refractivity contribution in [3.05, 3.63) is 0 Å². The molecule has 14 heavy (non-hydrogen) atoms. The normalized spacial score (nSPS) is 10.9. The van der Waals surface area contributed by atoms with E-state index in [2.05, 4.69) is 47.4 Å². The van der Waals surface area contributed by atoms with Gasteiger partial charge in [0, 0.05) is 0 Å².